The van der Waals surface area contributed by atoms with Gasteiger partial charge < -0.3 is 9.47 Å². The average molecular weight is 587 g/mol. The quantitative estimate of drug-likeness (QED) is 0.199. The fourth-order valence-electron chi connectivity index (χ4n) is 3.40. The lowest BCUT2D eigenvalue weighted by Crippen LogP contribution is -2.33. The lowest BCUT2D eigenvalue weighted by Gasteiger charge is -2.13. The van der Waals surface area contributed by atoms with Gasteiger partial charge in [0, 0.05) is 15.1 Å². The van der Waals surface area contributed by atoms with Gasteiger partial charge in [-0.3, -0.25) is 19.3 Å². The molecule has 1 heterocycles. The third-order valence-electron chi connectivity index (χ3n) is 5.21. The van der Waals surface area contributed by atoms with Gasteiger partial charge in [-0.25, -0.2) is 0 Å². The number of amides is 2. The predicted molar refractivity (Wildman–Crippen MR) is 145 cm³/mol. The predicted octanol–water partition coefficient (Wildman–Crippen LogP) is 7.00. The summed E-state index contributed by atoms with van der Waals surface area (Å²) in [4.78, 5) is 39.2. The van der Waals surface area contributed by atoms with Crippen molar-refractivity contribution in [2.75, 3.05) is 13.2 Å². The van der Waals surface area contributed by atoms with Crippen molar-refractivity contribution < 1.29 is 23.9 Å². The van der Waals surface area contributed by atoms with E-state index in [1.807, 2.05) is 19.1 Å². The molecule has 6 nitrogen and oxygen atoms in total. The molecule has 0 unspecified atom stereocenters. The van der Waals surface area contributed by atoms with Crippen molar-refractivity contribution in [1.82, 2.24) is 4.90 Å². The molecule has 0 N–H and O–H groups in total. The van der Waals surface area contributed by atoms with Crippen molar-refractivity contribution in [2.45, 2.75) is 13.5 Å². The Bertz CT molecular complexity index is 1320. The maximum absolute atomic E-state index is 12.9. The fourth-order valence-corrected chi connectivity index (χ4v) is 4.63. The summed E-state index contributed by atoms with van der Waals surface area (Å²) in [6.07, 6.45) is 1.61. The zero-order valence-corrected chi connectivity index (χ0v) is 22.4. The van der Waals surface area contributed by atoms with Gasteiger partial charge in [0.2, 0.25) is 0 Å². The van der Waals surface area contributed by atoms with Crippen LogP contribution in [0.4, 0.5) is 4.79 Å². The number of ether oxygens (including phenoxy) is 2. The topological polar surface area (TPSA) is 72.9 Å². The van der Waals surface area contributed by atoms with Crippen LogP contribution in [-0.2, 0) is 11.4 Å². The number of carbonyl (C=O) groups is 3. The molecule has 1 fully saturated rings. The third-order valence-corrected chi connectivity index (χ3v) is 6.90. The number of rotatable bonds is 9. The van der Waals surface area contributed by atoms with Crippen molar-refractivity contribution in [1.29, 1.82) is 0 Å². The SMILES string of the molecule is CCOc1cc(/C=C2/SC(=O)N(CC(=O)c3ccc(Br)cc3)C2=O)ccc1OCc1ccc(Cl)cc1. The highest BCUT2D eigenvalue weighted by molar-refractivity contribution is 9.10. The van der Waals surface area contributed by atoms with Crippen LogP contribution >= 0.6 is 39.3 Å². The lowest BCUT2D eigenvalue weighted by atomic mass is 10.1. The highest BCUT2D eigenvalue weighted by Crippen LogP contribution is 2.35. The molecule has 0 atom stereocenters. The Morgan fingerprint density at radius 3 is 2.42 bits per heavy atom. The highest BCUT2D eigenvalue weighted by atomic mass is 79.9. The first-order chi connectivity index (χ1) is 17.3. The van der Waals surface area contributed by atoms with Crippen LogP contribution in [0.1, 0.15) is 28.4 Å². The first-order valence-corrected chi connectivity index (χ1v) is 13.0. The van der Waals surface area contributed by atoms with E-state index < -0.39 is 11.1 Å². The van der Waals surface area contributed by atoms with Crippen LogP contribution in [0.3, 0.4) is 0 Å². The first kappa shape index (κ1) is 26.0. The second kappa shape index (κ2) is 11.8. The van der Waals surface area contributed by atoms with E-state index in [4.69, 9.17) is 21.1 Å². The first-order valence-electron chi connectivity index (χ1n) is 11.0. The van der Waals surface area contributed by atoms with Crippen molar-refractivity contribution in [3.63, 3.8) is 0 Å². The zero-order chi connectivity index (χ0) is 25.7. The average Bonchev–Trinajstić information content (AvgIpc) is 3.12. The second-order valence-electron chi connectivity index (χ2n) is 7.75. The standard InChI is InChI=1S/C27H21BrClNO5S/c1-2-34-24-13-18(5-12-23(24)35-16-17-3-10-21(29)11-4-17)14-25-26(32)30(27(33)36-25)15-22(31)19-6-8-20(28)9-7-19/h3-14H,2,15-16H2,1H3/b25-14+. The number of hydrogen-bond acceptors (Lipinski definition) is 6. The van der Waals surface area contributed by atoms with Crippen molar-refractivity contribution >= 4 is 62.3 Å². The lowest BCUT2D eigenvalue weighted by molar-refractivity contribution is -0.122. The maximum Gasteiger partial charge on any atom is 0.293 e. The monoisotopic (exact) mass is 585 g/mol. The molecule has 1 aliphatic rings. The second-order valence-corrected chi connectivity index (χ2v) is 10.1. The minimum atomic E-state index is -0.503. The van der Waals surface area contributed by atoms with Crippen LogP contribution in [0.5, 0.6) is 11.5 Å². The normalized spacial score (nSPS) is 14.4. The summed E-state index contributed by atoms with van der Waals surface area (Å²) < 4.78 is 12.5. The minimum absolute atomic E-state index is 0.237. The number of halogens is 2. The molecule has 184 valence electrons. The van der Waals surface area contributed by atoms with Gasteiger partial charge in [0.15, 0.2) is 17.3 Å². The molecule has 1 aliphatic heterocycles. The smallest absolute Gasteiger partial charge is 0.293 e. The van der Waals surface area contributed by atoms with Crippen LogP contribution in [-0.4, -0.2) is 35.0 Å². The van der Waals surface area contributed by atoms with Crippen molar-refractivity contribution in [3.8, 4) is 11.5 Å². The molecule has 1 saturated heterocycles. The number of imide groups is 1. The van der Waals surface area contributed by atoms with E-state index in [2.05, 4.69) is 15.9 Å². The molecule has 0 aliphatic carbocycles. The molecule has 3 aromatic carbocycles. The molecule has 36 heavy (non-hydrogen) atoms. The van der Waals surface area contributed by atoms with Crippen LogP contribution in [0.15, 0.2) is 76.1 Å². The molecular weight excluding hydrogens is 566 g/mol. The Morgan fingerprint density at radius 1 is 1.00 bits per heavy atom. The van der Waals surface area contributed by atoms with Gasteiger partial charge in [0.05, 0.1) is 18.1 Å². The molecule has 0 spiro atoms. The van der Waals surface area contributed by atoms with Crippen LogP contribution in [0.2, 0.25) is 5.02 Å². The molecule has 0 saturated carbocycles. The summed E-state index contributed by atoms with van der Waals surface area (Å²) in [6, 6.07) is 19.4. The molecule has 4 rings (SSSR count). The van der Waals surface area contributed by atoms with Gasteiger partial charge in [-0.2, -0.15) is 0 Å². The van der Waals surface area contributed by atoms with Crippen molar-refractivity contribution in [2.24, 2.45) is 0 Å². The Morgan fingerprint density at radius 2 is 1.72 bits per heavy atom. The van der Waals surface area contributed by atoms with E-state index in [-0.39, 0.29) is 17.2 Å². The van der Waals surface area contributed by atoms with Crippen LogP contribution in [0, 0.1) is 0 Å². The van der Waals surface area contributed by atoms with E-state index in [0.717, 1.165) is 26.7 Å². The van der Waals surface area contributed by atoms with E-state index in [0.29, 0.717) is 40.9 Å². The van der Waals surface area contributed by atoms with Gasteiger partial charge in [-0.1, -0.05) is 57.9 Å². The summed E-state index contributed by atoms with van der Waals surface area (Å²) >= 11 is 10.1. The summed E-state index contributed by atoms with van der Waals surface area (Å²) in [5.41, 5.74) is 2.05. The number of carbonyl (C=O) groups excluding carboxylic acids is 3. The molecule has 2 amide bonds. The summed E-state index contributed by atoms with van der Waals surface area (Å²) in [6.45, 7) is 2.31. The van der Waals surface area contributed by atoms with Gasteiger partial charge >= 0.3 is 0 Å². The van der Waals surface area contributed by atoms with Crippen LogP contribution in [0.25, 0.3) is 6.08 Å². The number of benzene rings is 3. The van der Waals surface area contributed by atoms with Gasteiger partial charge in [0.1, 0.15) is 6.61 Å². The molecule has 9 heteroatoms. The number of hydrogen-bond donors (Lipinski definition) is 0. The van der Waals surface area contributed by atoms with Gasteiger partial charge in [-0.15, -0.1) is 0 Å². The minimum Gasteiger partial charge on any atom is -0.490 e. The molecule has 0 aromatic heterocycles. The van der Waals surface area contributed by atoms with E-state index in [9.17, 15) is 14.4 Å². The summed E-state index contributed by atoms with van der Waals surface area (Å²) in [5.74, 6) is 0.255. The molecular formula is C27H21BrClNO5S. The summed E-state index contributed by atoms with van der Waals surface area (Å²) in [5, 5.41) is 0.171. The van der Waals surface area contributed by atoms with Crippen LogP contribution < -0.4 is 9.47 Å². The Balaban J connectivity index is 1.48. The third kappa shape index (κ3) is 6.37. The Kier molecular flexibility index (Phi) is 8.51. The van der Waals surface area contributed by atoms with Gasteiger partial charge in [-0.05, 0) is 72.3 Å². The Labute approximate surface area is 226 Å². The maximum atomic E-state index is 12.9. The Hall–Kier alpha value is -3.07. The van der Waals surface area contributed by atoms with E-state index in [1.165, 1.54) is 0 Å². The molecule has 3 aromatic rings. The largest absolute Gasteiger partial charge is 0.490 e. The number of Topliss-reactive ketones (excluding diaryl/α,β-unsaturated/α-hetero) is 1. The highest BCUT2D eigenvalue weighted by Gasteiger charge is 2.36. The zero-order valence-electron chi connectivity index (χ0n) is 19.2. The number of ketones is 1. The van der Waals surface area contributed by atoms with E-state index in [1.54, 1.807) is 60.7 Å². The molecule has 0 radical (unpaired) electrons. The number of thioether (sulfide) groups is 1. The van der Waals surface area contributed by atoms with Crippen molar-refractivity contribution in [3.05, 3.63) is 97.8 Å². The van der Waals surface area contributed by atoms with E-state index >= 15 is 0 Å². The molecule has 0 bridgehead atoms. The number of nitrogens with zero attached hydrogens (tertiary/aromatic N) is 1. The van der Waals surface area contributed by atoms with Gasteiger partial charge in [0.25, 0.3) is 11.1 Å². The summed E-state index contributed by atoms with van der Waals surface area (Å²) in [7, 11) is 0. The fraction of sp³-hybridized carbons (Fsp3) is 0.148.